The highest BCUT2D eigenvalue weighted by atomic mass is 19.4. The number of ether oxygens (including phenoxy) is 1. The van der Waals surface area contributed by atoms with Gasteiger partial charge in [0.05, 0.1) is 5.56 Å². The smallest absolute Gasteiger partial charge is 0.419 e. The Hall–Kier alpha value is -2.50. The van der Waals surface area contributed by atoms with Crippen LogP contribution < -0.4 is 10.1 Å². The molecule has 0 radical (unpaired) electrons. The zero-order chi connectivity index (χ0) is 18.6. The van der Waals surface area contributed by atoms with Crippen molar-refractivity contribution in [3.8, 4) is 5.75 Å². The zero-order valence-corrected chi connectivity index (χ0v) is 14.3. The maximum Gasteiger partial charge on any atom is 0.419 e. The molecule has 0 bridgehead atoms. The van der Waals surface area contributed by atoms with E-state index in [0.29, 0.717) is 23.2 Å². The monoisotopic (exact) mass is 351 g/mol. The van der Waals surface area contributed by atoms with Crippen LogP contribution in [0.15, 0.2) is 36.4 Å². The molecule has 0 saturated carbocycles. The number of carbonyl (C=O) groups is 1. The van der Waals surface area contributed by atoms with E-state index < -0.39 is 11.7 Å². The molecule has 134 valence electrons. The molecule has 0 heterocycles. The first-order chi connectivity index (χ1) is 11.7. The summed E-state index contributed by atoms with van der Waals surface area (Å²) in [5, 5.41) is 2.72. The van der Waals surface area contributed by atoms with Gasteiger partial charge in [-0.25, -0.2) is 0 Å². The quantitative estimate of drug-likeness (QED) is 0.799. The number of rotatable bonds is 5. The lowest BCUT2D eigenvalue weighted by Crippen LogP contribution is -2.13. The predicted molar refractivity (Wildman–Crippen MR) is 90.6 cm³/mol. The Labute approximate surface area is 144 Å². The number of nitrogens with one attached hydrogen (secondary N) is 1. The number of aryl methyl sites for hydroxylation is 2. The molecule has 0 fully saturated rings. The first-order valence-corrected chi connectivity index (χ1v) is 7.91. The SMILES string of the molecule is CCC(=O)Nc1ccccc1COc1cc(C)c(C)cc1C(F)(F)F. The summed E-state index contributed by atoms with van der Waals surface area (Å²) in [6.45, 7) is 5.01. The van der Waals surface area contributed by atoms with Gasteiger partial charge in [-0.15, -0.1) is 0 Å². The Morgan fingerprint density at radius 1 is 1.12 bits per heavy atom. The number of carbonyl (C=O) groups excluding carboxylic acids is 1. The van der Waals surface area contributed by atoms with E-state index in [1.807, 2.05) is 0 Å². The van der Waals surface area contributed by atoms with Crippen molar-refractivity contribution in [3.05, 3.63) is 58.7 Å². The highest BCUT2D eigenvalue weighted by molar-refractivity contribution is 5.91. The second kappa shape index (κ2) is 7.59. The molecular weight excluding hydrogens is 331 g/mol. The molecule has 2 aromatic rings. The number of para-hydroxylation sites is 1. The summed E-state index contributed by atoms with van der Waals surface area (Å²) in [4.78, 5) is 11.6. The number of anilines is 1. The van der Waals surface area contributed by atoms with Crippen LogP contribution in [0.5, 0.6) is 5.75 Å². The van der Waals surface area contributed by atoms with Crippen molar-refractivity contribution in [2.24, 2.45) is 0 Å². The number of halogens is 3. The molecule has 2 rings (SSSR count). The molecule has 0 spiro atoms. The third kappa shape index (κ3) is 4.75. The van der Waals surface area contributed by atoms with E-state index in [1.54, 1.807) is 45.0 Å². The van der Waals surface area contributed by atoms with Crippen LogP contribution in [0, 0.1) is 13.8 Å². The van der Waals surface area contributed by atoms with E-state index in [-0.39, 0.29) is 18.3 Å². The van der Waals surface area contributed by atoms with Crippen LogP contribution in [-0.2, 0) is 17.6 Å². The van der Waals surface area contributed by atoms with Gasteiger partial charge in [-0.1, -0.05) is 25.1 Å². The molecule has 0 aromatic heterocycles. The lowest BCUT2D eigenvalue weighted by molar-refractivity contribution is -0.139. The average Bonchev–Trinajstić information content (AvgIpc) is 2.55. The van der Waals surface area contributed by atoms with Gasteiger partial charge < -0.3 is 10.1 Å². The normalized spacial score (nSPS) is 11.3. The molecule has 0 atom stereocenters. The maximum atomic E-state index is 13.2. The molecule has 6 heteroatoms. The highest BCUT2D eigenvalue weighted by Crippen LogP contribution is 2.38. The van der Waals surface area contributed by atoms with Crippen LogP contribution in [0.2, 0.25) is 0 Å². The van der Waals surface area contributed by atoms with Crippen LogP contribution in [0.1, 0.15) is 35.6 Å². The van der Waals surface area contributed by atoms with Gasteiger partial charge in [0.25, 0.3) is 0 Å². The molecule has 3 nitrogen and oxygen atoms in total. The fourth-order valence-corrected chi connectivity index (χ4v) is 2.29. The summed E-state index contributed by atoms with van der Waals surface area (Å²) in [7, 11) is 0. The third-order valence-corrected chi connectivity index (χ3v) is 3.90. The Morgan fingerprint density at radius 3 is 2.40 bits per heavy atom. The minimum absolute atomic E-state index is 0.0776. The van der Waals surface area contributed by atoms with Gasteiger partial charge in [-0.05, 0) is 43.2 Å². The largest absolute Gasteiger partial charge is 0.488 e. The summed E-state index contributed by atoms with van der Waals surface area (Å²) < 4.78 is 45.2. The van der Waals surface area contributed by atoms with Gasteiger partial charge in [0.2, 0.25) is 5.91 Å². The van der Waals surface area contributed by atoms with Crippen molar-refractivity contribution < 1.29 is 22.7 Å². The Balaban J connectivity index is 2.28. The van der Waals surface area contributed by atoms with Crippen molar-refractivity contribution >= 4 is 11.6 Å². The lowest BCUT2D eigenvalue weighted by atomic mass is 10.0. The number of hydrogen-bond acceptors (Lipinski definition) is 2. The van der Waals surface area contributed by atoms with E-state index in [2.05, 4.69) is 5.32 Å². The standard InChI is InChI=1S/C19H20F3NO2/c1-4-18(24)23-16-8-6-5-7-14(16)11-25-17-10-13(3)12(2)9-15(17)19(20,21)22/h5-10H,4,11H2,1-3H3,(H,23,24). The lowest BCUT2D eigenvalue weighted by Gasteiger charge is -2.17. The van der Waals surface area contributed by atoms with Crippen molar-refractivity contribution in [2.75, 3.05) is 5.32 Å². The number of alkyl halides is 3. The minimum atomic E-state index is -4.50. The van der Waals surface area contributed by atoms with Gasteiger partial charge in [-0.2, -0.15) is 13.2 Å². The topological polar surface area (TPSA) is 38.3 Å². The number of amides is 1. The molecule has 0 aliphatic heterocycles. The Bertz CT molecular complexity index is 770. The van der Waals surface area contributed by atoms with Crippen molar-refractivity contribution in [1.29, 1.82) is 0 Å². The molecule has 0 saturated heterocycles. The summed E-state index contributed by atoms with van der Waals surface area (Å²) in [6.07, 6.45) is -4.19. The van der Waals surface area contributed by atoms with Gasteiger partial charge in [-0.3, -0.25) is 4.79 Å². The van der Waals surface area contributed by atoms with E-state index in [0.717, 1.165) is 11.6 Å². The summed E-state index contributed by atoms with van der Waals surface area (Å²) in [5.41, 5.74) is 1.61. The first-order valence-electron chi connectivity index (χ1n) is 7.91. The average molecular weight is 351 g/mol. The van der Waals surface area contributed by atoms with Crippen molar-refractivity contribution in [3.63, 3.8) is 0 Å². The Morgan fingerprint density at radius 2 is 1.76 bits per heavy atom. The van der Waals surface area contributed by atoms with Crippen LogP contribution in [0.25, 0.3) is 0 Å². The third-order valence-electron chi connectivity index (χ3n) is 3.90. The minimum Gasteiger partial charge on any atom is -0.488 e. The molecular formula is C19H20F3NO2. The Kier molecular flexibility index (Phi) is 5.72. The highest BCUT2D eigenvalue weighted by Gasteiger charge is 2.35. The van der Waals surface area contributed by atoms with Gasteiger partial charge in [0.15, 0.2) is 0 Å². The van der Waals surface area contributed by atoms with E-state index >= 15 is 0 Å². The first kappa shape index (κ1) is 18.8. The summed E-state index contributed by atoms with van der Waals surface area (Å²) >= 11 is 0. The second-order valence-electron chi connectivity index (χ2n) is 5.78. The molecule has 0 aliphatic rings. The molecule has 0 aliphatic carbocycles. The fraction of sp³-hybridized carbons (Fsp3) is 0.316. The van der Waals surface area contributed by atoms with Gasteiger partial charge in [0, 0.05) is 17.7 Å². The van der Waals surface area contributed by atoms with Crippen LogP contribution in [-0.4, -0.2) is 5.91 Å². The fourth-order valence-electron chi connectivity index (χ4n) is 2.29. The second-order valence-corrected chi connectivity index (χ2v) is 5.78. The van der Waals surface area contributed by atoms with Gasteiger partial charge >= 0.3 is 6.18 Å². The van der Waals surface area contributed by atoms with E-state index in [4.69, 9.17) is 4.74 Å². The van der Waals surface area contributed by atoms with Crippen LogP contribution in [0.4, 0.5) is 18.9 Å². The molecule has 25 heavy (non-hydrogen) atoms. The maximum absolute atomic E-state index is 13.2. The van der Waals surface area contributed by atoms with E-state index in [9.17, 15) is 18.0 Å². The summed E-state index contributed by atoms with van der Waals surface area (Å²) in [6, 6.07) is 9.37. The molecule has 1 N–H and O–H groups in total. The zero-order valence-electron chi connectivity index (χ0n) is 14.3. The molecule has 0 unspecified atom stereocenters. The van der Waals surface area contributed by atoms with E-state index in [1.165, 1.54) is 6.07 Å². The number of benzene rings is 2. The molecule has 2 aromatic carbocycles. The van der Waals surface area contributed by atoms with Crippen LogP contribution in [0.3, 0.4) is 0 Å². The number of hydrogen-bond donors (Lipinski definition) is 1. The van der Waals surface area contributed by atoms with Crippen molar-refractivity contribution in [1.82, 2.24) is 0 Å². The van der Waals surface area contributed by atoms with Gasteiger partial charge in [0.1, 0.15) is 12.4 Å². The predicted octanol–water partition coefficient (Wildman–Crippen LogP) is 5.25. The van der Waals surface area contributed by atoms with Crippen LogP contribution >= 0.6 is 0 Å². The molecule has 1 amide bonds. The summed E-state index contributed by atoms with van der Waals surface area (Å²) in [5.74, 6) is -0.387. The van der Waals surface area contributed by atoms with Crippen molar-refractivity contribution in [2.45, 2.75) is 40.0 Å².